The van der Waals surface area contributed by atoms with Crippen molar-refractivity contribution in [2.45, 2.75) is 13.8 Å². The van der Waals surface area contributed by atoms with Crippen molar-refractivity contribution < 1.29 is 38.0 Å². The van der Waals surface area contributed by atoms with E-state index in [1.165, 1.54) is 0 Å². The lowest BCUT2D eigenvalue weighted by atomic mass is 10.1. The van der Waals surface area contributed by atoms with Crippen molar-refractivity contribution in [3.05, 3.63) is 71.8 Å². The monoisotopic (exact) mass is 498 g/mol. The molecule has 194 valence electrons. The highest BCUT2D eigenvalue weighted by molar-refractivity contribution is 5.93. The number of esters is 2. The second-order valence-corrected chi connectivity index (χ2v) is 7.28. The Morgan fingerprint density at radius 2 is 1.06 bits per heavy atom. The summed E-state index contributed by atoms with van der Waals surface area (Å²) in [7, 11) is 0. The minimum atomic E-state index is -0.446. The van der Waals surface area contributed by atoms with Gasteiger partial charge in [0.05, 0.1) is 39.6 Å². The van der Waals surface area contributed by atoms with Crippen molar-refractivity contribution in [3.8, 4) is 11.5 Å². The van der Waals surface area contributed by atoms with Crippen molar-refractivity contribution in [2.24, 2.45) is 0 Å². The maximum absolute atomic E-state index is 12.2. The van der Waals surface area contributed by atoms with E-state index in [4.69, 9.17) is 28.4 Å². The van der Waals surface area contributed by atoms with Crippen LogP contribution in [0.25, 0.3) is 12.2 Å². The van der Waals surface area contributed by atoms with Gasteiger partial charge < -0.3 is 28.4 Å². The Morgan fingerprint density at radius 3 is 1.42 bits per heavy atom. The van der Waals surface area contributed by atoms with E-state index in [9.17, 15) is 9.59 Å². The van der Waals surface area contributed by atoms with Gasteiger partial charge in [-0.1, -0.05) is 37.4 Å². The first kappa shape index (κ1) is 28.6. The average molecular weight is 499 g/mol. The minimum Gasteiger partial charge on any atom is -0.490 e. The number of rotatable bonds is 17. The van der Waals surface area contributed by atoms with Gasteiger partial charge in [0.25, 0.3) is 0 Å². The number of carbonyl (C=O) groups is 2. The summed E-state index contributed by atoms with van der Waals surface area (Å²) in [6, 6.07) is 10.4. The third-order valence-electron chi connectivity index (χ3n) is 4.81. The van der Waals surface area contributed by atoms with Gasteiger partial charge in [0.1, 0.15) is 35.8 Å². The maximum Gasteiger partial charge on any atom is 0.341 e. The Morgan fingerprint density at radius 1 is 0.667 bits per heavy atom. The van der Waals surface area contributed by atoms with Gasteiger partial charge in [-0.25, -0.2) is 9.59 Å². The zero-order valence-corrected chi connectivity index (χ0v) is 21.0. The van der Waals surface area contributed by atoms with Crippen LogP contribution in [0.5, 0.6) is 11.5 Å². The second kappa shape index (κ2) is 16.1. The zero-order chi connectivity index (χ0) is 26.2. The molecule has 0 aliphatic rings. The highest BCUT2D eigenvalue weighted by atomic mass is 16.6. The van der Waals surface area contributed by atoms with E-state index in [0.29, 0.717) is 49.1 Å². The summed E-state index contributed by atoms with van der Waals surface area (Å²) in [5.41, 5.74) is 2.30. The summed E-state index contributed by atoms with van der Waals surface area (Å²) in [6.07, 6.45) is 3.30. The van der Waals surface area contributed by atoms with Gasteiger partial charge in [0.2, 0.25) is 0 Å². The Bertz CT molecular complexity index is 933. The summed E-state index contributed by atoms with van der Waals surface area (Å²) in [5, 5.41) is 0. The molecule has 0 atom stereocenters. The molecular formula is C28H34O8. The Kier molecular flexibility index (Phi) is 12.8. The molecule has 0 fully saturated rings. The molecule has 0 bridgehead atoms. The Labute approximate surface area is 212 Å². The van der Waals surface area contributed by atoms with Crippen LogP contribution in [-0.2, 0) is 18.9 Å². The standard InChI is InChI=1S/C28H34O8/c1-5-21-9-11-25(23(19-21)27(29)33-7-3)35-17-15-31-13-14-32-16-18-36-26-12-10-22(6-2)20-24(26)28(30)34-8-4/h5-6,9-12,19-20H,1-2,7-8,13-18H2,3-4H3. The lowest BCUT2D eigenvalue weighted by Gasteiger charge is -2.13. The number of hydrogen-bond acceptors (Lipinski definition) is 8. The smallest absolute Gasteiger partial charge is 0.341 e. The lowest BCUT2D eigenvalue weighted by Crippen LogP contribution is -2.15. The van der Waals surface area contributed by atoms with Crippen LogP contribution in [0.3, 0.4) is 0 Å². The molecule has 8 heteroatoms. The van der Waals surface area contributed by atoms with E-state index in [2.05, 4.69) is 13.2 Å². The van der Waals surface area contributed by atoms with Crippen LogP contribution >= 0.6 is 0 Å². The predicted octanol–water partition coefficient (Wildman–Crippen LogP) is 4.82. The first-order chi connectivity index (χ1) is 17.5. The molecule has 36 heavy (non-hydrogen) atoms. The first-order valence-corrected chi connectivity index (χ1v) is 11.8. The summed E-state index contributed by atoms with van der Waals surface area (Å²) in [6.45, 7) is 13.4. The molecule has 0 heterocycles. The molecule has 2 aromatic carbocycles. The first-order valence-electron chi connectivity index (χ1n) is 11.8. The van der Waals surface area contributed by atoms with Gasteiger partial charge >= 0.3 is 11.9 Å². The van der Waals surface area contributed by atoms with Crippen molar-refractivity contribution in [3.63, 3.8) is 0 Å². The number of benzene rings is 2. The summed E-state index contributed by atoms with van der Waals surface area (Å²) in [4.78, 5) is 24.3. The summed E-state index contributed by atoms with van der Waals surface area (Å²) in [5.74, 6) is -0.0313. The maximum atomic E-state index is 12.2. The van der Waals surface area contributed by atoms with Crippen LogP contribution in [0.1, 0.15) is 45.7 Å². The molecular weight excluding hydrogens is 464 g/mol. The van der Waals surface area contributed by atoms with Crippen LogP contribution in [0.4, 0.5) is 0 Å². The lowest BCUT2D eigenvalue weighted by molar-refractivity contribution is 0.0266. The minimum absolute atomic E-state index is 0.264. The van der Waals surface area contributed by atoms with Gasteiger partial charge in [0, 0.05) is 0 Å². The van der Waals surface area contributed by atoms with Gasteiger partial charge in [0.15, 0.2) is 0 Å². The van der Waals surface area contributed by atoms with Gasteiger partial charge in [-0.15, -0.1) is 0 Å². The molecule has 0 spiro atoms. The second-order valence-electron chi connectivity index (χ2n) is 7.28. The molecule has 0 saturated carbocycles. The highest BCUT2D eigenvalue weighted by Gasteiger charge is 2.15. The van der Waals surface area contributed by atoms with Crippen molar-refractivity contribution in [1.82, 2.24) is 0 Å². The molecule has 0 amide bonds. The average Bonchev–Trinajstić information content (AvgIpc) is 2.90. The van der Waals surface area contributed by atoms with Gasteiger partial charge in [-0.05, 0) is 49.2 Å². The molecule has 0 aliphatic carbocycles. The summed E-state index contributed by atoms with van der Waals surface area (Å²) < 4.78 is 32.6. The zero-order valence-electron chi connectivity index (χ0n) is 21.0. The molecule has 0 aromatic heterocycles. The van der Waals surface area contributed by atoms with E-state index in [1.54, 1.807) is 50.3 Å². The largest absolute Gasteiger partial charge is 0.490 e. The topological polar surface area (TPSA) is 89.5 Å². The van der Waals surface area contributed by atoms with Gasteiger partial charge in [-0.3, -0.25) is 0 Å². The van der Waals surface area contributed by atoms with E-state index in [-0.39, 0.29) is 26.4 Å². The van der Waals surface area contributed by atoms with Gasteiger partial charge in [-0.2, -0.15) is 0 Å². The third-order valence-corrected chi connectivity index (χ3v) is 4.81. The van der Waals surface area contributed by atoms with Crippen LogP contribution in [0.2, 0.25) is 0 Å². The highest BCUT2D eigenvalue weighted by Crippen LogP contribution is 2.23. The SMILES string of the molecule is C=Cc1ccc(OCCOCCOCCOc2ccc(C=C)cc2C(=O)OCC)c(C(=O)OCC)c1. The Balaban J connectivity index is 1.67. The molecule has 0 radical (unpaired) electrons. The quantitative estimate of drug-likeness (QED) is 0.227. The molecule has 8 nitrogen and oxygen atoms in total. The summed E-state index contributed by atoms with van der Waals surface area (Å²) >= 11 is 0. The normalized spacial score (nSPS) is 10.4. The van der Waals surface area contributed by atoms with Crippen LogP contribution in [0, 0.1) is 0 Å². The molecule has 0 aliphatic heterocycles. The van der Waals surface area contributed by atoms with Crippen molar-refractivity contribution >= 4 is 24.1 Å². The molecule has 0 N–H and O–H groups in total. The predicted molar refractivity (Wildman–Crippen MR) is 138 cm³/mol. The number of hydrogen-bond donors (Lipinski definition) is 0. The van der Waals surface area contributed by atoms with Crippen molar-refractivity contribution in [2.75, 3.05) is 52.9 Å². The van der Waals surface area contributed by atoms with Crippen LogP contribution < -0.4 is 9.47 Å². The van der Waals surface area contributed by atoms with E-state index in [1.807, 2.05) is 12.1 Å². The van der Waals surface area contributed by atoms with Crippen LogP contribution in [-0.4, -0.2) is 64.8 Å². The van der Waals surface area contributed by atoms with Crippen molar-refractivity contribution in [1.29, 1.82) is 0 Å². The number of ether oxygens (including phenoxy) is 6. The number of carbonyl (C=O) groups excluding carboxylic acids is 2. The van der Waals surface area contributed by atoms with Crippen LogP contribution in [0.15, 0.2) is 49.6 Å². The fourth-order valence-corrected chi connectivity index (χ4v) is 3.08. The van der Waals surface area contributed by atoms with E-state index >= 15 is 0 Å². The van der Waals surface area contributed by atoms with E-state index < -0.39 is 11.9 Å². The molecule has 0 unspecified atom stereocenters. The van der Waals surface area contributed by atoms with E-state index in [0.717, 1.165) is 11.1 Å². The fourth-order valence-electron chi connectivity index (χ4n) is 3.08. The molecule has 2 aromatic rings. The molecule has 2 rings (SSSR count). The molecule has 0 saturated heterocycles. The Hall–Kier alpha value is -3.62. The fraction of sp³-hybridized carbons (Fsp3) is 0.357. The third kappa shape index (κ3) is 9.20.